The first-order valence-corrected chi connectivity index (χ1v) is 3.30. The summed E-state index contributed by atoms with van der Waals surface area (Å²) in [4.78, 5) is 9.93. The van der Waals surface area contributed by atoms with E-state index in [0.29, 0.717) is 12.2 Å². The lowest BCUT2D eigenvalue weighted by atomic mass is 10.1. The Morgan fingerprint density at radius 1 is 1.82 bits per heavy atom. The second-order valence-corrected chi connectivity index (χ2v) is 2.26. The van der Waals surface area contributed by atoms with Crippen LogP contribution in [0.3, 0.4) is 0 Å². The average Bonchev–Trinajstić information content (AvgIpc) is 2.05. The van der Waals surface area contributed by atoms with Crippen LogP contribution in [-0.4, -0.2) is 18.1 Å². The Labute approximate surface area is 64.3 Å². The van der Waals surface area contributed by atoms with E-state index >= 15 is 0 Å². The quantitative estimate of drug-likeness (QED) is 0.443. The zero-order valence-corrected chi connectivity index (χ0v) is 6.19. The van der Waals surface area contributed by atoms with E-state index in [-0.39, 0.29) is 4.92 Å². The zero-order valence-electron chi connectivity index (χ0n) is 6.19. The summed E-state index contributed by atoms with van der Waals surface area (Å²) in [6.45, 7) is 0. The van der Waals surface area contributed by atoms with Crippen molar-refractivity contribution >= 4 is 0 Å². The molecule has 4 nitrogen and oxygen atoms in total. The highest BCUT2D eigenvalue weighted by Gasteiger charge is 2.17. The lowest BCUT2D eigenvalue weighted by molar-refractivity contribution is -0.508. The minimum Gasteiger partial charge on any atom is -0.497 e. The Bertz CT molecular complexity index is 220. The van der Waals surface area contributed by atoms with Gasteiger partial charge in [-0.1, -0.05) is 0 Å². The Morgan fingerprint density at radius 3 is 2.91 bits per heavy atom. The van der Waals surface area contributed by atoms with Crippen molar-refractivity contribution < 1.29 is 9.66 Å². The topological polar surface area (TPSA) is 52.4 Å². The van der Waals surface area contributed by atoms with E-state index in [0.717, 1.165) is 0 Å². The minimum atomic E-state index is -0.575. The first-order chi connectivity index (χ1) is 5.24. The van der Waals surface area contributed by atoms with Crippen molar-refractivity contribution in [3.8, 4) is 0 Å². The summed E-state index contributed by atoms with van der Waals surface area (Å²) in [7, 11) is 1.54. The van der Waals surface area contributed by atoms with Gasteiger partial charge in [0.15, 0.2) is 0 Å². The molecule has 0 aromatic heterocycles. The van der Waals surface area contributed by atoms with E-state index < -0.39 is 6.04 Å². The molecular formula is C7H9NO3. The third-order valence-electron chi connectivity index (χ3n) is 1.55. The van der Waals surface area contributed by atoms with E-state index in [1.807, 2.05) is 0 Å². The molecule has 0 saturated heterocycles. The lowest BCUT2D eigenvalue weighted by Crippen LogP contribution is -2.17. The van der Waals surface area contributed by atoms with Crippen molar-refractivity contribution in [3.05, 3.63) is 34.1 Å². The molecule has 4 heteroatoms. The fourth-order valence-electron chi connectivity index (χ4n) is 0.897. The van der Waals surface area contributed by atoms with Crippen LogP contribution in [0.5, 0.6) is 0 Å². The third kappa shape index (κ3) is 1.80. The summed E-state index contributed by atoms with van der Waals surface area (Å²) in [5, 5.41) is 10.2. The molecule has 1 unspecified atom stereocenters. The number of hydrogen-bond acceptors (Lipinski definition) is 3. The molecule has 0 aromatic carbocycles. The van der Waals surface area contributed by atoms with Crippen molar-refractivity contribution in [2.75, 3.05) is 7.11 Å². The summed E-state index contributed by atoms with van der Waals surface area (Å²) in [6.07, 6.45) is 5.30. The molecular weight excluding hydrogens is 146 g/mol. The SMILES string of the molecule is COC1=CCC([N+](=O)[O-])C=C1. The number of nitro groups is 1. The van der Waals surface area contributed by atoms with Crippen molar-refractivity contribution in [2.24, 2.45) is 0 Å². The molecule has 0 amide bonds. The van der Waals surface area contributed by atoms with Crippen LogP contribution >= 0.6 is 0 Å². The van der Waals surface area contributed by atoms with Crippen LogP contribution in [0.25, 0.3) is 0 Å². The number of hydrogen-bond donors (Lipinski definition) is 0. The van der Waals surface area contributed by atoms with Gasteiger partial charge in [-0.05, 0) is 18.2 Å². The van der Waals surface area contributed by atoms with Crippen LogP contribution < -0.4 is 0 Å². The van der Waals surface area contributed by atoms with E-state index in [1.54, 1.807) is 25.3 Å². The van der Waals surface area contributed by atoms with Crippen molar-refractivity contribution in [2.45, 2.75) is 12.5 Å². The fourth-order valence-corrected chi connectivity index (χ4v) is 0.897. The monoisotopic (exact) mass is 155 g/mol. The van der Waals surface area contributed by atoms with Gasteiger partial charge < -0.3 is 4.74 Å². The Morgan fingerprint density at radius 2 is 2.55 bits per heavy atom. The zero-order chi connectivity index (χ0) is 8.27. The van der Waals surface area contributed by atoms with Crippen LogP contribution in [0.15, 0.2) is 24.0 Å². The van der Waals surface area contributed by atoms with E-state index in [2.05, 4.69) is 0 Å². The molecule has 0 saturated carbocycles. The first kappa shape index (κ1) is 7.78. The standard InChI is InChI=1S/C7H9NO3/c1-11-7-4-2-6(3-5-7)8(9)10/h2,4-6H,3H2,1H3. The smallest absolute Gasteiger partial charge is 0.235 e. The Kier molecular flexibility index (Phi) is 2.25. The second kappa shape index (κ2) is 3.18. The van der Waals surface area contributed by atoms with Gasteiger partial charge in [-0.3, -0.25) is 10.1 Å². The van der Waals surface area contributed by atoms with Gasteiger partial charge in [-0.2, -0.15) is 0 Å². The van der Waals surface area contributed by atoms with Gasteiger partial charge in [-0.15, -0.1) is 0 Å². The molecule has 0 aliphatic heterocycles. The Hall–Kier alpha value is -1.32. The number of allylic oxidation sites excluding steroid dienone is 1. The van der Waals surface area contributed by atoms with Gasteiger partial charge >= 0.3 is 0 Å². The molecule has 1 atom stereocenters. The van der Waals surface area contributed by atoms with Crippen LogP contribution in [0.2, 0.25) is 0 Å². The van der Waals surface area contributed by atoms with Gasteiger partial charge in [0, 0.05) is 11.3 Å². The van der Waals surface area contributed by atoms with Crippen molar-refractivity contribution in [1.82, 2.24) is 0 Å². The summed E-state index contributed by atoms with van der Waals surface area (Å²) < 4.78 is 4.87. The molecule has 1 aliphatic rings. The van der Waals surface area contributed by atoms with Gasteiger partial charge in [-0.25, -0.2) is 0 Å². The third-order valence-corrected chi connectivity index (χ3v) is 1.55. The number of ether oxygens (including phenoxy) is 1. The molecule has 0 aromatic rings. The van der Waals surface area contributed by atoms with Gasteiger partial charge in [0.2, 0.25) is 6.04 Å². The largest absolute Gasteiger partial charge is 0.497 e. The molecule has 0 fully saturated rings. The molecule has 11 heavy (non-hydrogen) atoms. The van der Waals surface area contributed by atoms with E-state index in [9.17, 15) is 10.1 Å². The summed E-state index contributed by atoms with van der Waals surface area (Å²) in [5.41, 5.74) is 0. The number of nitrogens with zero attached hydrogens (tertiary/aromatic N) is 1. The fraction of sp³-hybridized carbons (Fsp3) is 0.429. The number of rotatable bonds is 2. The molecule has 0 radical (unpaired) electrons. The molecule has 1 rings (SSSR count). The van der Waals surface area contributed by atoms with E-state index in [4.69, 9.17) is 4.74 Å². The average molecular weight is 155 g/mol. The molecule has 0 N–H and O–H groups in total. The maximum atomic E-state index is 10.2. The van der Waals surface area contributed by atoms with Crippen molar-refractivity contribution in [1.29, 1.82) is 0 Å². The molecule has 1 aliphatic carbocycles. The highest BCUT2D eigenvalue weighted by molar-refractivity contribution is 5.18. The van der Waals surface area contributed by atoms with Crippen LogP contribution in [0.1, 0.15) is 6.42 Å². The lowest BCUT2D eigenvalue weighted by Gasteiger charge is -2.08. The predicted octanol–water partition coefficient (Wildman–Crippen LogP) is 1.12. The maximum absolute atomic E-state index is 10.2. The van der Waals surface area contributed by atoms with Gasteiger partial charge in [0.1, 0.15) is 5.76 Å². The normalized spacial score (nSPS) is 22.6. The van der Waals surface area contributed by atoms with Crippen molar-refractivity contribution in [3.63, 3.8) is 0 Å². The Balaban J connectivity index is 2.57. The highest BCUT2D eigenvalue weighted by Crippen LogP contribution is 2.12. The second-order valence-electron chi connectivity index (χ2n) is 2.26. The molecule has 0 bridgehead atoms. The summed E-state index contributed by atoms with van der Waals surface area (Å²) >= 11 is 0. The van der Waals surface area contributed by atoms with Crippen LogP contribution in [-0.2, 0) is 4.74 Å². The van der Waals surface area contributed by atoms with Gasteiger partial charge in [0.25, 0.3) is 0 Å². The van der Waals surface area contributed by atoms with Crippen LogP contribution in [0.4, 0.5) is 0 Å². The molecule has 0 heterocycles. The summed E-state index contributed by atoms with van der Waals surface area (Å²) in [6, 6.07) is -0.575. The van der Waals surface area contributed by atoms with E-state index in [1.165, 1.54) is 0 Å². The predicted molar refractivity (Wildman–Crippen MR) is 39.6 cm³/mol. The summed E-state index contributed by atoms with van der Waals surface area (Å²) in [5.74, 6) is 0.697. The minimum absolute atomic E-state index is 0.306. The maximum Gasteiger partial charge on any atom is 0.235 e. The highest BCUT2D eigenvalue weighted by atomic mass is 16.6. The van der Waals surface area contributed by atoms with Gasteiger partial charge in [0.05, 0.1) is 7.11 Å². The van der Waals surface area contributed by atoms with Crippen LogP contribution in [0, 0.1) is 10.1 Å². The molecule has 60 valence electrons. The number of methoxy groups -OCH3 is 1. The first-order valence-electron chi connectivity index (χ1n) is 3.30. The molecule has 0 spiro atoms.